The van der Waals surface area contributed by atoms with Gasteiger partial charge < -0.3 is 0 Å². The molecule has 0 fully saturated rings. The first-order valence-electron chi connectivity index (χ1n) is 12.0. The van der Waals surface area contributed by atoms with E-state index in [1.54, 1.807) is 0 Å². The Kier molecular flexibility index (Phi) is 13.0. The standard InChI is InChI=1S/C25H26S.3C2H6/c1-7-10-21-16(4)17(5)22(11-8-2)25(21)23(12-9-3)18(6)20-14-13-19(26)15-24(20)25;3*1-2/h7-15,26H,3,6H2,1-2,4-5H3;3*1-2H3/b10-7-,11-8-,23-12+;;;. The van der Waals surface area contributed by atoms with Crippen molar-refractivity contribution in [2.45, 2.75) is 79.5 Å². The predicted octanol–water partition coefficient (Wildman–Crippen LogP) is 10.2. The van der Waals surface area contributed by atoms with Crippen molar-refractivity contribution in [2.75, 3.05) is 0 Å². The molecule has 32 heavy (non-hydrogen) atoms. The molecular formula is C31H44S. The summed E-state index contributed by atoms with van der Waals surface area (Å²) in [6.07, 6.45) is 12.8. The van der Waals surface area contributed by atoms with E-state index in [0.29, 0.717) is 0 Å². The lowest BCUT2D eigenvalue weighted by molar-refractivity contribution is 0.775. The monoisotopic (exact) mass is 448 g/mol. The molecule has 0 bridgehead atoms. The highest BCUT2D eigenvalue weighted by Crippen LogP contribution is 2.62. The van der Waals surface area contributed by atoms with Gasteiger partial charge in [-0.2, -0.15) is 0 Å². The van der Waals surface area contributed by atoms with Gasteiger partial charge in [-0.15, -0.1) is 12.6 Å². The molecule has 0 nitrogen and oxygen atoms in total. The van der Waals surface area contributed by atoms with Crippen LogP contribution in [0, 0.1) is 0 Å². The Hall–Kier alpha value is -2.25. The zero-order valence-corrected chi connectivity index (χ0v) is 23.0. The van der Waals surface area contributed by atoms with E-state index in [9.17, 15) is 0 Å². The lowest BCUT2D eigenvalue weighted by atomic mass is 9.68. The van der Waals surface area contributed by atoms with E-state index >= 15 is 0 Å². The van der Waals surface area contributed by atoms with Crippen molar-refractivity contribution in [3.63, 3.8) is 0 Å². The molecule has 0 saturated carbocycles. The van der Waals surface area contributed by atoms with Crippen LogP contribution in [0.1, 0.15) is 80.4 Å². The molecule has 1 aromatic rings. The van der Waals surface area contributed by atoms with E-state index in [0.717, 1.165) is 10.5 Å². The highest BCUT2D eigenvalue weighted by Gasteiger charge is 2.52. The van der Waals surface area contributed by atoms with Crippen LogP contribution in [0.25, 0.3) is 5.57 Å². The van der Waals surface area contributed by atoms with Gasteiger partial charge >= 0.3 is 0 Å². The molecular weight excluding hydrogens is 404 g/mol. The van der Waals surface area contributed by atoms with Crippen molar-refractivity contribution < 1.29 is 0 Å². The van der Waals surface area contributed by atoms with Gasteiger partial charge in [-0.3, -0.25) is 0 Å². The van der Waals surface area contributed by atoms with E-state index in [-0.39, 0.29) is 5.41 Å². The molecule has 0 unspecified atom stereocenters. The first-order chi connectivity index (χ1) is 15.4. The Morgan fingerprint density at radius 1 is 0.844 bits per heavy atom. The molecule has 0 radical (unpaired) electrons. The van der Waals surface area contributed by atoms with Crippen LogP contribution < -0.4 is 0 Å². The minimum atomic E-state index is -0.341. The fourth-order valence-electron chi connectivity index (χ4n) is 4.49. The maximum Gasteiger partial charge on any atom is 0.0718 e. The number of hydrogen-bond donors (Lipinski definition) is 1. The van der Waals surface area contributed by atoms with Gasteiger partial charge in [-0.05, 0) is 84.4 Å². The summed E-state index contributed by atoms with van der Waals surface area (Å²) >= 11 is 4.64. The molecule has 0 atom stereocenters. The summed E-state index contributed by atoms with van der Waals surface area (Å²) < 4.78 is 0. The second kappa shape index (κ2) is 14.0. The van der Waals surface area contributed by atoms with Crippen molar-refractivity contribution in [2.24, 2.45) is 0 Å². The van der Waals surface area contributed by atoms with Crippen LogP contribution in [0.15, 0.2) is 101 Å². The SMILES string of the molecule is C=C/C=C1\C(=C)c2ccc(S)cc2C12C(/C=C\C)=C(C)C(C)=C2/C=C\C.CC.CC.CC. The molecule has 174 valence electrons. The van der Waals surface area contributed by atoms with Crippen LogP contribution in [-0.2, 0) is 5.41 Å². The maximum atomic E-state index is 4.64. The molecule has 2 aliphatic carbocycles. The summed E-state index contributed by atoms with van der Waals surface area (Å²) in [4.78, 5) is 0.970. The van der Waals surface area contributed by atoms with E-state index in [1.165, 1.54) is 39.0 Å². The smallest absolute Gasteiger partial charge is 0.0718 e. The van der Waals surface area contributed by atoms with Gasteiger partial charge in [0.2, 0.25) is 0 Å². The van der Waals surface area contributed by atoms with Crippen molar-refractivity contribution >= 4 is 18.2 Å². The molecule has 1 spiro atoms. The Morgan fingerprint density at radius 2 is 1.31 bits per heavy atom. The molecule has 0 amide bonds. The second-order valence-corrected chi connectivity index (χ2v) is 7.37. The number of thiol groups is 1. The second-order valence-electron chi connectivity index (χ2n) is 6.85. The van der Waals surface area contributed by atoms with Crippen molar-refractivity contribution in [3.8, 4) is 0 Å². The van der Waals surface area contributed by atoms with Gasteiger partial charge in [0.1, 0.15) is 0 Å². The summed E-state index contributed by atoms with van der Waals surface area (Å²) in [6, 6.07) is 6.39. The van der Waals surface area contributed by atoms with Crippen molar-refractivity contribution in [1.82, 2.24) is 0 Å². The van der Waals surface area contributed by atoms with Crippen LogP contribution in [0.2, 0.25) is 0 Å². The molecule has 0 heterocycles. The lowest BCUT2D eigenvalue weighted by Gasteiger charge is -2.33. The highest BCUT2D eigenvalue weighted by atomic mass is 32.1. The Morgan fingerprint density at radius 3 is 1.72 bits per heavy atom. The zero-order valence-electron chi connectivity index (χ0n) is 22.1. The third-order valence-electron chi connectivity index (χ3n) is 5.59. The highest BCUT2D eigenvalue weighted by molar-refractivity contribution is 7.80. The van der Waals surface area contributed by atoms with E-state index in [4.69, 9.17) is 0 Å². The summed E-state index contributed by atoms with van der Waals surface area (Å²) in [5.41, 5.74) is 9.69. The van der Waals surface area contributed by atoms with Gasteiger partial charge in [0, 0.05) is 4.90 Å². The summed E-state index contributed by atoms with van der Waals surface area (Å²) in [7, 11) is 0. The number of allylic oxidation sites excluding steroid dienone is 12. The third kappa shape index (κ3) is 4.89. The number of benzene rings is 1. The summed E-state index contributed by atoms with van der Waals surface area (Å²) in [6.45, 7) is 29.0. The topological polar surface area (TPSA) is 0 Å². The number of rotatable bonds is 3. The average Bonchev–Trinajstić information content (AvgIpc) is 3.18. The van der Waals surface area contributed by atoms with Crippen LogP contribution in [-0.4, -0.2) is 0 Å². The minimum Gasteiger partial charge on any atom is -0.143 e. The van der Waals surface area contributed by atoms with Crippen LogP contribution >= 0.6 is 12.6 Å². The quantitative estimate of drug-likeness (QED) is 0.437. The van der Waals surface area contributed by atoms with Gasteiger partial charge in [-0.1, -0.05) is 97.2 Å². The first-order valence-corrected chi connectivity index (χ1v) is 12.4. The van der Waals surface area contributed by atoms with Crippen molar-refractivity contribution in [3.05, 3.63) is 107 Å². The summed E-state index contributed by atoms with van der Waals surface area (Å²) in [5, 5.41) is 0. The molecule has 0 saturated heterocycles. The largest absolute Gasteiger partial charge is 0.143 e. The molecule has 1 heteroatoms. The van der Waals surface area contributed by atoms with Crippen LogP contribution in [0.3, 0.4) is 0 Å². The first kappa shape index (κ1) is 29.8. The average molecular weight is 449 g/mol. The van der Waals surface area contributed by atoms with E-state index in [1.807, 2.05) is 53.7 Å². The Bertz CT molecular complexity index is 924. The van der Waals surface area contributed by atoms with Crippen LogP contribution in [0.5, 0.6) is 0 Å². The molecule has 3 rings (SSSR count). The fraction of sp³-hybridized carbons (Fsp3) is 0.355. The van der Waals surface area contributed by atoms with Crippen molar-refractivity contribution in [1.29, 1.82) is 0 Å². The third-order valence-corrected chi connectivity index (χ3v) is 5.87. The molecule has 0 aromatic heterocycles. The Labute approximate surface area is 204 Å². The zero-order chi connectivity index (χ0) is 25.1. The molecule has 1 aromatic carbocycles. The maximum absolute atomic E-state index is 4.64. The molecule has 0 N–H and O–H groups in total. The lowest BCUT2D eigenvalue weighted by Crippen LogP contribution is -2.27. The Balaban J connectivity index is 0.00000148. The van der Waals surface area contributed by atoms with E-state index < -0.39 is 0 Å². The van der Waals surface area contributed by atoms with Crippen LogP contribution in [0.4, 0.5) is 0 Å². The van der Waals surface area contributed by atoms with E-state index in [2.05, 4.69) is 96.0 Å². The normalized spacial score (nSPS) is 17.2. The fourth-order valence-corrected chi connectivity index (χ4v) is 4.69. The summed E-state index contributed by atoms with van der Waals surface area (Å²) in [5.74, 6) is 0. The predicted molar refractivity (Wildman–Crippen MR) is 152 cm³/mol. The van der Waals surface area contributed by atoms with Gasteiger partial charge in [0.05, 0.1) is 5.41 Å². The van der Waals surface area contributed by atoms with Gasteiger partial charge in [-0.25, -0.2) is 0 Å². The minimum absolute atomic E-state index is 0.341. The van der Waals surface area contributed by atoms with Gasteiger partial charge in [0.15, 0.2) is 0 Å². The number of hydrogen-bond acceptors (Lipinski definition) is 1. The molecule has 0 aliphatic heterocycles. The number of fused-ring (bicyclic) bond motifs is 2. The molecule has 2 aliphatic rings. The van der Waals surface area contributed by atoms with Gasteiger partial charge in [0.25, 0.3) is 0 Å².